The summed E-state index contributed by atoms with van der Waals surface area (Å²) in [6, 6.07) is 6.02. The maximum Gasteiger partial charge on any atom is 0.305 e. The number of aliphatic carboxylic acids is 1. The van der Waals surface area contributed by atoms with E-state index in [9.17, 15) is 14.4 Å². The lowest BCUT2D eigenvalue weighted by Gasteiger charge is -2.20. The lowest BCUT2D eigenvalue weighted by Crippen LogP contribution is -2.36. The smallest absolute Gasteiger partial charge is 0.305 e. The van der Waals surface area contributed by atoms with Crippen LogP contribution in [0.5, 0.6) is 0 Å². The summed E-state index contributed by atoms with van der Waals surface area (Å²) in [6.07, 6.45) is -0.0639. The van der Waals surface area contributed by atoms with Gasteiger partial charge in [0, 0.05) is 24.5 Å². The van der Waals surface area contributed by atoms with E-state index in [1.165, 1.54) is 0 Å². The standard InChI is InChI=1S/C16H19ClN2O4/c1-2-19-9-11(7-14(19)20)16(23)18-13(8-15(21)22)10-3-5-12(17)6-4-10/h3-6,11,13H,2,7-9H2,1H3,(H,18,23)(H,21,22)/t11?,13-/m0/s1. The number of carboxylic acid groups (broad SMARTS) is 1. The third-order valence-corrected chi connectivity index (χ3v) is 4.19. The van der Waals surface area contributed by atoms with Crippen molar-refractivity contribution < 1.29 is 19.5 Å². The summed E-state index contributed by atoms with van der Waals surface area (Å²) in [5, 5.41) is 12.3. The van der Waals surface area contributed by atoms with Gasteiger partial charge in [-0.05, 0) is 24.6 Å². The van der Waals surface area contributed by atoms with Gasteiger partial charge in [0.2, 0.25) is 11.8 Å². The van der Waals surface area contributed by atoms with Crippen molar-refractivity contribution in [3.8, 4) is 0 Å². The molecule has 1 heterocycles. The van der Waals surface area contributed by atoms with Crippen molar-refractivity contribution in [3.63, 3.8) is 0 Å². The SMILES string of the molecule is CCN1CC(C(=O)N[C@@H](CC(=O)O)c2ccc(Cl)cc2)CC1=O. The van der Waals surface area contributed by atoms with Crippen molar-refractivity contribution in [1.29, 1.82) is 0 Å². The fraction of sp³-hybridized carbons (Fsp3) is 0.438. The molecule has 7 heteroatoms. The monoisotopic (exact) mass is 338 g/mol. The Balaban J connectivity index is 2.08. The molecular formula is C16H19ClN2O4. The second-order valence-electron chi connectivity index (χ2n) is 5.54. The van der Waals surface area contributed by atoms with Crippen molar-refractivity contribution >= 4 is 29.4 Å². The van der Waals surface area contributed by atoms with Gasteiger partial charge in [0.1, 0.15) is 0 Å². The van der Waals surface area contributed by atoms with E-state index in [2.05, 4.69) is 5.32 Å². The van der Waals surface area contributed by atoms with E-state index in [-0.39, 0.29) is 24.7 Å². The molecule has 0 radical (unpaired) electrons. The predicted octanol–water partition coefficient (Wildman–Crippen LogP) is 1.84. The summed E-state index contributed by atoms with van der Waals surface area (Å²) in [5.41, 5.74) is 0.668. The largest absolute Gasteiger partial charge is 0.481 e. The first-order chi connectivity index (χ1) is 10.9. The molecule has 0 aromatic heterocycles. The fourth-order valence-corrected chi connectivity index (χ4v) is 2.79. The number of benzene rings is 1. The van der Waals surface area contributed by atoms with E-state index in [0.29, 0.717) is 23.7 Å². The Hall–Kier alpha value is -2.08. The second-order valence-corrected chi connectivity index (χ2v) is 5.98. The minimum Gasteiger partial charge on any atom is -0.481 e. The molecule has 1 aliphatic heterocycles. The Labute approximate surface area is 139 Å². The number of nitrogens with zero attached hydrogens (tertiary/aromatic N) is 1. The summed E-state index contributed by atoms with van der Waals surface area (Å²) in [6.45, 7) is 2.80. The number of hydrogen-bond acceptors (Lipinski definition) is 3. The first-order valence-electron chi connectivity index (χ1n) is 7.46. The number of carbonyl (C=O) groups excluding carboxylic acids is 2. The molecule has 1 unspecified atom stereocenters. The molecule has 2 rings (SSSR count). The van der Waals surface area contributed by atoms with Gasteiger partial charge in [-0.25, -0.2) is 0 Å². The Morgan fingerprint density at radius 1 is 1.39 bits per heavy atom. The average molecular weight is 339 g/mol. The topological polar surface area (TPSA) is 86.7 Å². The second kappa shape index (κ2) is 7.46. The zero-order valence-electron chi connectivity index (χ0n) is 12.8. The first-order valence-corrected chi connectivity index (χ1v) is 7.84. The highest BCUT2D eigenvalue weighted by molar-refractivity contribution is 6.30. The van der Waals surface area contributed by atoms with Crippen molar-refractivity contribution in [3.05, 3.63) is 34.9 Å². The number of halogens is 1. The third kappa shape index (κ3) is 4.45. The maximum absolute atomic E-state index is 12.4. The molecular weight excluding hydrogens is 320 g/mol. The highest BCUT2D eigenvalue weighted by Gasteiger charge is 2.34. The van der Waals surface area contributed by atoms with E-state index in [4.69, 9.17) is 16.7 Å². The number of hydrogen-bond donors (Lipinski definition) is 2. The van der Waals surface area contributed by atoms with E-state index in [0.717, 1.165) is 0 Å². The zero-order chi connectivity index (χ0) is 17.0. The van der Waals surface area contributed by atoms with Crippen LogP contribution in [0.15, 0.2) is 24.3 Å². The first kappa shape index (κ1) is 17.3. The van der Waals surface area contributed by atoms with Gasteiger partial charge < -0.3 is 15.3 Å². The molecule has 2 N–H and O–H groups in total. The molecule has 1 aliphatic rings. The molecule has 1 fully saturated rings. The number of carboxylic acids is 1. The lowest BCUT2D eigenvalue weighted by molar-refractivity contribution is -0.138. The van der Waals surface area contributed by atoms with E-state index in [1.807, 2.05) is 6.92 Å². The third-order valence-electron chi connectivity index (χ3n) is 3.93. The number of carbonyl (C=O) groups is 3. The van der Waals surface area contributed by atoms with Gasteiger partial charge in [0.15, 0.2) is 0 Å². The molecule has 1 aromatic rings. The van der Waals surface area contributed by atoms with Crippen LogP contribution >= 0.6 is 11.6 Å². The highest BCUT2D eigenvalue weighted by Crippen LogP contribution is 2.23. The molecule has 2 amide bonds. The Morgan fingerprint density at radius 2 is 2.04 bits per heavy atom. The van der Waals surface area contributed by atoms with Gasteiger partial charge in [-0.15, -0.1) is 0 Å². The van der Waals surface area contributed by atoms with Crippen LogP contribution < -0.4 is 5.32 Å². The van der Waals surface area contributed by atoms with Gasteiger partial charge in [-0.2, -0.15) is 0 Å². The zero-order valence-corrected chi connectivity index (χ0v) is 13.5. The highest BCUT2D eigenvalue weighted by atomic mass is 35.5. The minimum absolute atomic E-state index is 0.0473. The molecule has 1 saturated heterocycles. The Morgan fingerprint density at radius 3 is 2.57 bits per heavy atom. The number of amides is 2. The van der Waals surface area contributed by atoms with Gasteiger partial charge in [0.05, 0.1) is 18.4 Å². The Bertz CT molecular complexity index is 603. The van der Waals surface area contributed by atoms with Crippen LogP contribution in [0.4, 0.5) is 0 Å². The summed E-state index contributed by atoms with van der Waals surface area (Å²) < 4.78 is 0. The molecule has 124 valence electrons. The molecule has 6 nitrogen and oxygen atoms in total. The van der Waals surface area contributed by atoms with Crippen molar-refractivity contribution in [2.24, 2.45) is 5.92 Å². The van der Waals surface area contributed by atoms with Crippen LogP contribution in [0.2, 0.25) is 5.02 Å². The molecule has 2 atom stereocenters. The number of likely N-dealkylation sites (tertiary alicyclic amines) is 1. The van der Waals surface area contributed by atoms with E-state index < -0.39 is 17.9 Å². The van der Waals surface area contributed by atoms with Gasteiger partial charge in [-0.1, -0.05) is 23.7 Å². The number of nitrogens with one attached hydrogen (secondary N) is 1. The van der Waals surface area contributed by atoms with Crippen LogP contribution in [0.1, 0.15) is 31.4 Å². The fourth-order valence-electron chi connectivity index (χ4n) is 2.66. The van der Waals surface area contributed by atoms with Crippen LogP contribution in [-0.2, 0) is 14.4 Å². The molecule has 0 saturated carbocycles. The van der Waals surface area contributed by atoms with Crippen molar-refractivity contribution in [1.82, 2.24) is 10.2 Å². The molecule has 23 heavy (non-hydrogen) atoms. The summed E-state index contributed by atoms with van der Waals surface area (Å²) in [4.78, 5) is 36.8. The van der Waals surface area contributed by atoms with Gasteiger partial charge >= 0.3 is 5.97 Å². The summed E-state index contributed by atoms with van der Waals surface area (Å²) >= 11 is 5.83. The molecule has 0 bridgehead atoms. The molecule has 0 spiro atoms. The molecule has 0 aliphatic carbocycles. The van der Waals surface area contributed by atoms with Crippen molar-refractivity contribution in [2.45, 2.75) is 25.8 Å². The minimum atomic E-state index is -1.01. The van der Waals surface area contributed by atoms with E-state index >= 15 is 0 Å². The summed E-state index contributed by atoms with van der Waals surface area (Å²) in [5.74, 6) is -1.79. The van der Waals surface area contributed by atoms with Crippen LogP contribution in [0.3, 0.4) is 0 Å². The van der Waals surface area contributed by atoms with E-state index in [1.54, 1.807) is 29.2 Å². The van der Waals surface area contributed by atoms with Gasteiger partial charge in [0.25, 0.3) is 0 Å². The quantitative estimate of drug-likeness (QED) is 0.828. The van der Waals surface area contributed by atoms with Gasteiger partial charge in [-0.3, -0.25) is 14.4 Å². The van der Waals surface area contributed by atoms with Crippen LogP contribution in [0, 0.1) is 5.92 Å². The van der Waals surface area contributed by atoms with Crippen molar-refractivity contribution in [2.75, 3.05) is 13.1 Å². The lowest BCUT2D eigenvalue weighted by atomic mass is 10.0. The number of rotatable bonds is 6. The normalized spacial score (nSPS) is 18.8. The van der Waals surface area contributed by atoms with Crippen LogP contribution in [-0.4, -0.2) is 40.9 Å². The van der Waals surface area contributed by atoms with Crippen LogP contribution in [0.25, 0.3) is 0 Å². The predicted molar refractivity (Wildman–Crippen MR) is 84.9 cm³/mol. The molecule has 1 aromatic carbocycles. The summed E-state index contributed by atoms with van der Waals surface area (Å²) in [7, 11) is 0. The Kier molecular flexibility index (Phi) is 5.60. The average Bonchev–Trinajstić information content (AvgIpc) is 2.88. The maximum atomic E-state index is 12.4.